The summed E-state index contributed by atoms with van der Waals surface area (Å²) >= 11 is 0. The van der Waals surface area contributed by atoms with E-state index in [0.717, 1.165) is 37.0 Å². The number of hydrogen-bond acceptors (Lipinski definition) is 6. The molecule has 0 amide bonds. The van der Waals surface area contributed by atoms with E-state index in [1.54, 1.807) is 57.9 Å². The molecule has 0 atom stereocenters. The zero-order valence-corrected chi connectivity index (χ0v) is 31.2. The molecule has 4 rings (SSSR count). The lowest BCUT2D eigenvalue weighted by molar-refractivity contribution is 0.116. The van der Waals surface area contributed by atoms with E-state index in [0.29, 0.717) is 22.8 Å². The second-order valence-electron chi connectivity index (χ2n) is 13.0. The van der Waals surface area contributed by atoms with Crippen LogP contribution >= 0.6 is 0 Å². The maximum Gasteiger partial charge on any atom is 0.268 e. The molecule has 0 unspecified atom stereocenters. The number of unbranched alkanes of at least 4 members (excludes halogenated alkanes) is 14. The minimum absolute atomic E-state index is 0.184. The third-order valence-corrected chi connectivity index (χ3v) is 10.9. The summed E-state index contributed by atoms with van der Waals surface area (Å²) in [6.07, 6.45) is 24.9. The molecule has 0 radical (unpaired) electrons. The van der Waals surface area contributed by atoms with Crippen LogP contribution in [0, 0.1) is 0 Å². The highest BCUT2D eigenvalue weighted by molar-refractivity contribution is 7.90. The number of hydrogen-bond donors (Lipinski definition) is 0. The lowest BCUT2D eigenvalue weighted by Crippen LogP contribution is -2.11. The van der Waals surface area contributed by atoms with Gasteiger partial charge in [0, 0.05) is 29.8 Å². The average molecular weight is 704 g/mol. The SMILES string of the molecule is COc1ccc(S(=O)(=O)n2cc(/C=C\CCCCCCCCCCCCCCCCOCc3ccccc3)c3cc(OC)c(OC)cc32)cc1. The zero-order chi connectivity index (χ0) is 35.4. The van der Waals surface area contributed by atoms with E-state index in [-0.39, 0.29) is 4.90 Å². The fraction of sp³-hybridized carbons (Fsp3) is 0.476. The largest absolute Gasteiger partial charge is 0.497 e. The quantitative estimate of drug-likeness (QED) is 0.0640. The Kier molecular flexibility index (Phi) is 16.8. The highest BCUT2D eigenvalue weighted by atomic mass is 32.2. The molecule has 50 heavy (non-hydrogen) atoms. The molecule has 0 saturated carbocycles. The number of ether oxygens (including phenoxy) is 4. The average Bonchev–Trinajstić information content (AvgIpc) is 3.51. The van der Waals surface area contributed by atoms with Gasteiger partial charge in [-0.3, -0.25) is 0 Å². The predicted molar refractivity (Wildman–Crippen MR) is 205 cm³/mol. The molecule has 4 aromatic rings. The first kappa shape index (κ1) is 39.0. The van der Waals surface area contributed by atoms with Crippen molar-refractivity contribution in [2.24, 2.45) is 0 Å². The summed E-state index contributed by atoms with van der Waals surface area (Å²) in [5.41, 5.74) is 2.61. The van der Waals surface area contributed by atoms with E-state index in [1.165, 1.54) is 93.0 Å². The summed E-state index contributed by atoms with van der Waals surface area (Å²) in [6.45, 7) is 1.59. The Balaban J connectivity index is 1.10. The molecule has 0 aliphatic carbocycles. The van der Waals surface area contributed by atoms with Gasteiger partial charge in [0.2, 0.25) is 0 Å². The summed E-state index contributed by atoms with van der Waals surface area (Å²) in [5.74, 6) is 1.63. The number of nitrogens with zero attached hydrogens (tertiary/aromatic N) is 1. The molecule has 0 aliphatic rings. The Hall–Kier alpha value is -3.75. The second-order valence-corrected chi connectivity index (χ2v) is 14.8. The maximum absolute atomic E-state index is 13.7. The first-order valence-electron chi connectivity index (χ1n) is 18.4. The van der Waals surface area contributed by atoms with Gasteiger partial charge >= 0.3 is 0 Å². The number of allylic oxidation sites excluding steroid dienone is 1. The summed E-state index contributed by atoms with van der Waals surface area (Å²) in [5, 5.41) is 0.788. The molecule has 0 aliphatic heterocycles. The first-order chi connectivity index (χ1) is 24.5. The van der Waals surface area contributed by atoms with E-state index in [9.17, 15) is 8.42 Å². The molecule has 7 nitrogen and oxygen atoms in total. The van der Waals surface area contributed by atoms with Crippen LogP contribution in [-0.2, 0) is 21.4 Å². The topological polar surface area (TPSA) is 76.0 Å². The van der Waals surface area contributed by atoms with Crippen molar-refractivity contribution < 1.29 is 27.4 Å². The second kappa shape index (κ2) is 21.5. The lowest BCUT2D eigenvalue weighted by Gasteiger charge is -2.11. The Morgan fingerprint density at radius 2 is 1.20 bits per heavy atom. The van der Waals surface area contributed by atoms with Gasteiger partial charge in [-0.1, -0.05) is 120 Å². The van der Waals surface area contributed by atoms with Gasteiger partial charge in [0.15, 0.2) is 11.5 Å². The molecule has 1 aromatic heterocycles. The van der Waals surface area contributed by atoms with Gasteiger partial charge in [-0.15, -0.1) is 0 Å². The van der Waals surface area contributed by atoms with Crippen LogP contribution in [0.25, 0.3) is 17.0 Å². The van der Waals surface area contributed by atoms with Crippen LogP contribution in [0.5, 0.6) is 17.2 Å². The monoisotopic (exact) mass is 703 g/mol. The van der Waals surface area contributed by atoms with Gasteiger partial charge in [0.05, 0.1) is 38.3 Å². The van der Waals surface area contributed by atoms with Crippen molar-refractivity contribution in [3.05, 3.63) is 90.1 Å². The molecule has 0 fully saturated rings. The van der Waals surface area contributed by atoms with Crippen LogP contribution in [0.3, 0.4) is 0 Å². The van der Waals surface area contributed by atoms with Gasteiger partial charge < -0.3 is 18.9 Å². The first-order valence-corrected chi connectivity index (χ1v) is 19.9. The Morgan fingerprint density at radius 1 is 0.640 bits per heavy atom. The fourth-order valence-electron chi connectivity index (χ4n) is 6.30. The van der Waals surface area contributed by atoms with Crippen LogP contribution in [0.15, 0.2) is 83.9 Å². The summed E-state index contributed by atoms with van der Waals surface area (Å²) in [7, 11) is 0.828. The fourth-order valence-corrected chi connectivity index (χ4v) is 7.67. The molecule has 272 valence electrons. The molecular formula is C42H57NO6S. The van der Waals surface area contributed by atoms with Crippen molar-refractivity contribution in [3.8, 4) is 17.2 Å². The van der Waals surface area contributed by atoms with Crippen molar-refractivity contribution in [2.75, 3.05) is 27.9 Å². The standard InChI is InChI=1S/C42H57NO6S/c1-46-37-26-28-38(29-27-37)50(44,45)43-33-36(39-31-41(47-2)42(48-3)32-40(39)43)25-21-16-14-12-10-8-6-4-5-7-9-11-13-15-17-22-30-49-34-35-23-19-18-20-24-35/h18-21,23-29,31-33H,4-17,22,30,34H2,1-3H3/b25-21-. The molecule has 1 heterocycles. The molecule has 0 saturated heterocycles. The highest BCUT2D eigenvalue weighted by Gasteiger charge is 2.23. The van der Waals surface area contributed by atoms with Crippen LogP contribution in [0.1, 0.15) is 107 Å². The van der Waals surface area contributed by atoms with Gasteiger partial charge in [-0.2, -0.15) is 0 Å². The number of benzene rings is 3. The van der Waals surface area contributed by atoms with Gasteiger partial charge in [-0.25, -0.2) is 12.4 Å². The molecule has 0 N–H and O–H groups in total. The summed E-state index contributed by atoms with van der Waals surface area (Å²) < 4.78 is 50.8. The van der Waals surface area contributed by atoms with Gasteiger partial charge in [0.25, 0.3) is 10.0 Å². The number of fused-ring (bicyclic) bond motifs is 1. The van der Waals surface area contributed by atoms with E-state index >= 15 is 0 Å². The Bertz CT molecular complexity index is 1680. The number of methoxy groups -OCH3 is 3. The highest BCUT2D eigenvalue weighted by Crippen LogP contribution is 2.37. The third-order valence-electron chi connectivity index (χ3n) is 9.24. The van der Waals surface area contributed by atoms with Crippen molar-refractivity contribution in [2.45, 2.75) is 108 Å². The minimum Gasteiger partial charge on any atom is -0.497 e. The summed E-state index contributed by atoms with van der Waals surface area (Å²) in [6, 6.07) is 20.4. The van der Waals surface area contributed by atoms with Crippen molar-refractivity contribution >= 4 is 27.0 Å². The van der Waals surface area contributed by atoms with E-state index in [4.69, 9.17) is 18.9 Å². The van der Waals surface area contributed by atoms with Crippen molar-refractivity contribution in [1.29, 1.82) is 0 Å². The van der Waals surface area contributed by atoms with E-state index in [1.807, 2.05) is 18.2 Å². The normalized spacial score (nSPS) is 11.8. The minimum atomic E-state index is -3.86. The Morgan fingerprint density at radius 3 is 1.78 bits per heavy atom. The van der Waals surface area contributed by atoms with E-state index in [2.05, 4.69) is 30.3 Å². The van der Waals surface area contributed by atoms with Crippen molar-refractivity contribution in [1.82, 2.24) is 3.97 Å². The maximum atomic E-state index is 13.7. The third kappa shape index (κ3) is 11.9. The Labute approximate surface area is 300 Å². The lowest BCUT2D eigenvalue weighted by atomic mass is 10.0. The zero-order valence-electron chi connectivity index (χ0n) is 30.4. The van der Waals surface area contributed by atoms with Gasteiger partial charge in [-0.05, 0) is 55.2 Å². The molecule has 3 aromatic carbocycles. The van der Waals surface area contributed by atoms with Gasteiger partial charge in [0.1, 0.15) is 5.75 Å². The predicted octanol–water partition coefficient (Wildman–Crippen LogP) is 11.0. The van der Waals surface area contributed by atoms with E-state index < -0.39 is 10.0 Å². The molecule has 8 heteroatoms. The summed E-state index contributed by atoms with van der Waals surface area (Å²) in [4.78, 5) is 0.184. The van der Waals surface area contributed by atoms with Crippen LogP contribution in [0.2, 0.25) is 0 Å². The smallest absolute Gasteiger partial charge is 0.268 e. The molecular weight excluding hydrogens is 647 g/mol. The molecule has 0 spiro atoms. The van der Waals surface area contributed by atoms with Crippen LogP contribution in [-0.4, -0.2) is 40.3 Å². The number of aromatic nitrogens is 1. The molecule has 0 bridgehead atoms. The number of rotatable bonds is 25. The van der Waals surface area contributed by atoms with Crippen molar-refractivity contribution in [3.63, 3.8) is 0 Å². The van der Waals surface area contributed by atoms with Crippen LogP contribution < -0.4 is 14.2 Å². The van der Waals surface area contributed by atoms with Crippen LogP contribution in [0.4, 0.5) is 0 Å².